The summed E-state index contributed by atoms with van der Waals surface area (Å²) in [4.78, 5) is 8.33. The Balaban J connectivity index is -0.0000000300. The van der Waals surface area contributed by atoms with Crippen molar-refractivity contribution in [2.45, 2.75) is 0 Å². The van der Waals surface area contributed by atoms with Crippen LogP contribution in [0.1, 0.15) is 0 Å². The van der Waals surface area contributed by atoms with Gasteiger partial charge in [-0.3, -0.25) is 0 Å². The third-order valence-corrected chi connectivity index (χ3v) is 0. The van der Waals surface area contributed by atoms with Gasteiger partial charge in [0.1, 0.15) is 0 Å². The molecule has 3 N–H and O–H groups in total. The number of rotatable bonds is 0. The van der Waals surface area contributed by atoms with E-state index >= 15 is 0 Å². The normalized spacial score (nSPS) is 5.10. The molecule has 0 aromatic carbocycles. The summed E-state index contributed by atoms with van der Waals surface area (Å²) in [6.45, 7) is 0. The third kappa shape index (κ3) is 153. The van der Waals surface area contributed by atoms with Crippen LogP contribution in [0.15, 0.2) is 0 Å². The van der Waals surface area contributed by atoms with Crippen molar-refractivity contribution in [2.24, 2.45) is 0 Å². The molecule has 6 nitrogen and oxygen atoms in total. The van der Waals surface area contributed by atoms with Crippen molar-refractivity contribution < 1.29 is 133 Å². The maximum atomic E-state index is 8.33. The second-order valence-corrected chi connectivity index (χ2v) is 0.596. The van der Waals surface area contributed by atoms with Gasteiger partial charge in [-0.15, -0.1) is 0 Å². The van der Waals surface area contributed by atoms with Crippen LogP contribution in [0, 0.1) is 0 Å². The van der Waals surface area contributed by atoms with Gasteiger partial charge in [-0.05, 0) is 6.16 Å². The van der Waals surface area contributed by atoms with Crippen LogP contribution < -0.4 is 113 Å². The second kappa shape index (κ2) is 17.5. The summed E-state index contributed by atoms with van der Waals surface area (Å²) in [6, 6.07) is 0. The molecule has 0 atom stereocenters. The van der Waals surface area contributed by atoms with Crippen molar-refractivity contribution in [3.8, 4) is 0 Å². The Bertz CT molecular complexity index is 60.0. The average Bonchev–Trinajstić information content (AvgIpc) is 1.25. The van der Waals surface area contributed by atoms with Crippen LogP contribution in [-0.4, -0.2) is 28.5 Å². The van der Waals surface area contributed by atoms with Crippen LogP contribution >= 0.6 is 0 Å². The van der Waals surface area contributed by atoms with Gasteiger partial charge in [-0.1, -0.05) is 0 Å². The van der Waals surface area contributed by atoms with Gasteiger partial charge in [0.15, 0.2) is 0 Å². The topological polar surface area (TPSA) is 124 Å². The molecule has 0 radical (unpaired) electrons. The number of carboxylic acid groups (broad SMARTS) is 2. The van der Waals surface area contributed by atoms with E-state index in [0.29, 0.717) is 0 Å². The van der Waals surface area contributed by atoms with Gasteiger partial charge >= 0.3 is 110 Å². The monoisotopic (exact) mass is 200 g/mol. The molecule has 0 aliphatic carbocycles. The number of hydrogen-bond acceptors (Lipinski definition) is 6. The third-order valence-electron chi connectivity index (χ3n) is 0. The van der Waals surface area contributed by atoms with E-state index in [1.165, 1.54) is 0 Å². The minimum absolute atomic E-state index is 0. The van der Waals surface area contributed by atoms with Crippen molar-refractivity contribution in [3.63, 3.8) is 0 Å². The van der Waals surface area contributed by atoms with Gasteiger partial charge in [-0.2, -0.15) is 0 Å². The van der Waals surface area contributed by atoms with Crippen LogP contribution in [0.4, 0.5) is 4.79 Å². The Hall–Kier alpha value is 2.49. The molecule has 0 bridgehead atoms. The van der Waals surface area contributed by atoms with E-state index in [1.54, 1.807) is 0 Å². The molecule has 0 unspecified atom stereocenters. The fourth-order valence-corrected chi connectivity index (χ4v) is 0. The molecule has 0 heterocycles. The summed E-state index contributed by atoms with van der Waals surface area (Å²) < 4.78 is 0. The first-order chi connectivity index (χ1) is 3.46. The predicted molar refractivity (Wildman–Crippen MR) is 17.8 cm³/mol. The maximum Gasteiger partial charge on any atom is 1.00 e. The Morgan fingerprint density at radius 1 is 1.10 bits per heavy atom. The molecule has 10 heavy (non-hydrogen) atoms. The van der Waals surface area contributed by atoms with Gasteiger partial charge in [0.25, 0.3) is 0 Å². The van der Waals surface area contributed by atoms with Crippen molar-refractivity contribution in [1.29, 1.82) is 0 Å². The van der Waals surface area contributed by atoms with E-state index in [9.17, 15) is 0 Å². The van der Waals surface area contributed by atoms with Crippen LogP contribution in [-0.2, 0) is 0 Å². The summed E-state index contributed by atoms with van der Waals surface area (Å²) in [6.07, 6.45) is -2.33. The molecule has 0 saturated carbocycles. The van der Waals surface area contributed by atoms with Crippen LogP contribution in [0.3, 0.4) is 0 Å². The SMILES string of the molecule is O=C([O-])[O-].OB(O)O.[K+].[K+]. The van der Waals surface area contributed by atoms with E-state index in [0.717, 1.165) is 0 Å². The molecule has 0 fully saturated rings. The summed E-state index contributed by atoms with van der Waals surface area (Å²) >= 11 is 0. The smallest absolute Gasteiger partial charge is 0.652 e. The largest absolute Gasteiger partial charge is 1.00 e. The van der Waals surface area contributed by atoms with E-state index in [-0.39, 0.29) is 103 Å². The quantitative estimate of drug-likeness (QED) is 0.333. The summed E-state index contributed by atoms with van der Waals surface area (Å²) in [7, 11) is -2.17. The molecule has 0 aromatic heterocycles. The van der Waals surface area contributed by atoms with Crippen LogP contribution in [0.2, 0.25) is 0 Å². The minimum atomic E-state index is -2.33. The Morgan fingerprint density at radius 3 is 1.10 bits per heavy atom. The zero-order valence-corrected chi connectivity index (χ0v) is 11.9. The van der Waals surface area contributed by atoms with E-state index in [4.69, 9.17) is 30.1 Å². The molecule has 0 aliphatic heterocycles. The average molecular weight is 200 g/mol. The number of hydrogen-bond donors (Lipinski definition) is 3. The zero-order chi connectivity index (χ0) is 7.15. The van der Waals surface area contributed by atoms with Gasteiger partial charge in [0.2, 0.25) is 0 Å². The van der Waals surface area contributed by atoms with E-state index in [1.807, 2.05) is 0 Å². The van der Waals surface area contributed by atoms with Crippen molar-refractivity contribution in [1.82, 2.24) is 0 Å². The van der Waals surface area contributed by atoms with Crippen LogP contribution in [0.25, 0.3) is 0 Å². The standard InChI is InChI=1S/CH2O3.BH3O3.2K/c2*2-1(3)4;;/h(H2,2,3,4);2-4H;;/q;;2*+1/p-2. The van der Waals surface area contributed by atoms with Gasteiger partial charge < -0.3 is 30.1 Å². The first kappa shape index (κ1) is 22.9. The molecular weight excluding hydrogens is 197 g/mol. The molecule has 48 valence electrons. The summed E-state index contributed by atoms with van der Waals surface area (Å²) in [5.74, 6) is 0. The molecule has 0 rings (SSSR count). The molecule has 0 spiro atoms. The Labute approximate surface area is 143 Å². The minimum Gasteiger partial charge on any atom is -0.652 e. The van der Waals surface area contributed by atoms with Gasteiger partial charge in [0, 0.05) is 0 Å². The van der Waals surface area contributed by atoms with Crippen LogP contribution in [0.5, 0.6) is 0 Å². The van der Waals surface area contributed by atoms with E-state index in [2.05, 4.69) is 0 Å². The molecular formula is CH3BK2O6. The maximum absolute atomic E-state index is 8.33. The molecule has 9 heteroatoms. The summed E-state index contributed by atoms with van der Waals surface area (Å²) in [5.41, 5.74) is 0. The predicted octanol–water partition coefficient (Wildman–Crippen LogP) is -10.5. The molecule has 0 aromatic rings. The van der Waals surface area contributed by atoms with Crippen molar-refractivity contribution in [2.75, 3.05) is 0 Å². The second-order valence-electron chi connectivity index (χ2n) is 0.596. The fraction of sp³-hybridized carbons (Fsp3) is 0. The van der Waals surface area contributed by atoms with E-state index < -0.39 is 13.5 Å². The number of carbonyl (C=O) groups excluding carboxylic acids is 1. The molecule has 0 amide bonds. The van der Waals surface area contributed by atoms with Gasteiger partial charge in [0.05, 0.1) is 0 Å². The van der Waals surface area contributed by atoms with Crippen molar-refractivity contribution >= 4 is 13.5 Å². The van der Waals surface area contributed by atoms with Gasteiger partial charge in [-0.25, -0.2) is 0 Å². The summed E-state index contributed by atoms with van der Waals surface area (Å²) in [5, 5.41) is 38.2. The molecule has 0 saturated heterocycles. The zero-order valence-electron chi connectivity index (χ0n) is 5.64. The molecule has 0 aliphatic rings. The number of carbonyl (C=O) groups is 1. The fourth-order valence-electron chi connectivity index (χ4n) is 0. The first-order valence-corrected chi connectivity index (χ1v) is 1.39. The Morgan fingerprint density at radius 2 is 1.10 bits per heavy atom. The van der Waals surface area contributed by atoms with Crippen molar-refractivity contribution in [3.05, 3.63) is 0 Å². The first-order valence-electron chi connectivity index (χ1n) is 1.39. The Kier molecular flexibility index (Phi) is 40.1.